The second kappa shape index (κ2) is 5.91. The lowest BCUT2D eigenvalue weighted by atomic mass is 10.1. The van der Waals surface area contributed by atoms with Crippen molar-refractivity contribution >= 4 is 11.7 Å². The molecular formula is C20H16N4O. The minimum atomic E-state index is -0.0909. The largest absolute Gasteiger partial charge is 0.287 e. The minimum absolute atomic E-state index is 0.0909. The number of rotatable bonds is 3. The number of anilines is 1. The van der Waals surface area contributed by atoms with Crippen molar-refractivity contribution in [3.8, 4) is 11.8 Å². The van der Waals surface area contributed by atoms with E-state index in [1.165, 1.54) is 0 Å². The number of benzene rings is 2. The predicted octanol–water partition coefficient (Wildman–Crippen LogP) is 3.47. The normalized spacial score (nSPS) is 13.0. The minimum Gasteiger partial charge on any atom is -0.287 e. The van der Waals surface area contributed by atoms with Gasteiger partial charge in [0.1, 0.15) is 11.6 Å². The molecule has 2 aromatic carbocycles. The number of fused-ring (bicyclic) bond motifs is 1. The first-order chi connectivity index (χ1) is 12.2. The smallest absolute Gasteiger partial charge is 0.260 e. The van der Waals surface area contributed by atoms with E-state index in [9.17, 15) is 10.1 Å². The molecule has 0 saturated heterocycles. The number of aromatic nitrogens is 2. The third kappa shape index (κ3) is 2.31. The highest BCUT2D eigenvalue weighted by atomic mass is 16.2. The number of hydrogen-bond donors (Lipinski definition) is 0. The molecule has 0 spiro atoms. The molecular weight excluding hydrogens is 312 g/mol. The maximum absolute atomic E-state index is 12.9. The van der Waals surface area contributed by atoms with Crippen LogP contribution in [-0.4, -0.2) is 15.7 Å². The summed E-state index contributed by atoms with van der Waals surface area (Å²) in [5.41, 5.74) is 3.65. The molecule has 5 heteroatoms. The van der Waals surface area contributed by atoms with Crippen LogP contribution in [0.3, 0.4) is 0 Å². The van der Waals surface area contributed by atoms with Crippen LogP contribution >= 0.6 is 0 Å². The summed E-state index contributed by atoms with van der Waals surface area (Å²) in [6, 6.07) is 19.4. The van der Waals surface area contributed by atoms with Crippen LogP contribution in [0.1, 0.15) is 34.1 Å². The summed E-state index contributed by atoms with van der Waals surface area (Å²) in [5.74, 6) is 0.457. The lowest BCUT2D eigenvalue weighted by Crippen LogP contribution is -2.26. The third-order valence-corrected chi connectivity index (χ3v) is 4.46. The van der Waals surface area contributed by atoms with Gasteiger partial charge in [0.2, 0.25) is 0 Å². The Morgan fingerprint density at radius 3 is 2.52 bits per heavy atom. The summed E-state index contributed by atoms with van der Waals surface area (Å²) in [7, 11) is 0. The van der Waals surface area contributed by atoms with Crippen LogP contribution in [0.15, 0.2) is 54.6 Å². The highest BCUT2D eigenvalue weighted by molar-refractivity contribution is 6.10. The van der Waals surface area contributed by atoms with E-state index in [2.05, 4.69) is 11.2 Å². The number of nitriles is 1. The summed E-state index contributed by atoms with van der Waals surface area (Å²) in [4.78, 5) is 14.6. The quantitative estimate of drug-likeness (QED) is 0.739. The molecule has 3 aromatic rings. The number of amides is 1. The molecule has 1 aliphatic heterocycles. The van der Waals surface area contributed by atoms with Gasteiger partial charge >= 0.3 is 0 Å². The summed E-state index contributed by atoms with van der Waals surface area (Å²) >= 11 is 0. The molecule has 1 amide bonds. The van der Waals surface area contributed by atoms with E-state index in [0.717, 1.165) is 11.3 Å². The fourth-order valence-electron chi connectivity index (χ4n) is 3.24. The topological polar surface area (TPSA) is 61.9 Å². The average Bonchev–Trinajstić information content (AvgIpc) is 3.20. The molecule has 25 heavy (non-hydrogen) atoms. The monoisotopic (exact) mass is 328 g/mol. The third-order valence-electron chi connectivity index (χ3n) is 4.46. The Bertz CT molecular complexity index is 998. The Labute approximate surface area is 145 Å². The second-order valence-electron chi connectivity index (χ2n) is 5.91. The molecule has 0 radical (unpaired) electrons. The number of carbonyl (C=O) groups is 1. The van der Waals surface area contributed by atoms with Crippen LogP contribution in [0.25, 0.3) is 5.69 Å². The van der Waals surface area contributed by atoms with E-state index in [-0.39, 0.29) is 5.91 Å². The molecule has 122 valence electrons. The maximum Gasteiger partial charge on any atom is 0.260 e. The van der Waals surface area contributed by atoms with Crippen molar-refractivity contribution in [1.29, 1.82) is 5.26 Å². The van der Waals surface area contributed by atoms with E-state index in [1.807, 2.05) is 61.5 Å². The lowest BCUT2D eigenvalue weighted by Gasteiger charge is -2.18. The molecule has 0 unspecified atom stereocenters. The SMILES string of the molecule is CCc1nn(-c2ccccc2)c(N2Cc3ccccc3C2=O)c1C#N. The molecule has 0 atom stereocenters. The summed E-state index contributed by atoms with van der Waals surface area (Å²) in [5, 5.41) is 14.3. The van der Waals surface area contributed by atoms with Crippen molar-refractivity contribution in [2.45, 2.75) is 19.9 Å². The van der Waals surface area contributed by atoms with Crippen LogP contribution < -0.4 is 4.90 Å². The second-order valence-corrected chi connectivity index (χ2v) is 5.91. The standard InChI is InChI=1S/C20H16N4O/c1-2-18-17(12-21)19(24(22-18)15-9-4-3-5-10-15)23-13-14-8-6-7-11-16(14)20(23)25/h3-11H,2,13H2,1H3. The van der Waals surface area contributed by atoms with E-state index in [4.69, 9.17) is 0 Å². The summed E-state index contributed by atoms with van der Waals surface area (Å²) in [6.07, 6.45) is 0.630. The molecule has 1 aromatic heterocycles. The fraction of sp³-hybridized carbons (Fsp3) is 0.150. The number of nitrogens with zero attached hydrogens (tertiary/aromatic N) is 4. The Hall–Kier alpha value is -3.39. The van der Waals surface area contributed by atoms with Gasteiger partial charge in [-0.05, 0) is 30.2 Å². The number of para-hydroxylation sites is 1. The average molecular weight is 328 g/mol. The van der Waals surface area contributed by atoms with Crippen molar-refractivity contribution in [3.63, 3.8) is 0 Å². The van der Waals surface area contributed by atoms with Gasteiger partial charge < -0.3 is 0 Å². The van der Waals surface area contributed by atoms with E-state index >= 15 is 0 Å². The zero-order valence-electron chi connectivity index (χ0n) is 13.8. The molecule has 0 bridgehead atoms. The zero-order chi connectivity index (χ0) is 17.4. The molecule has 5 nitrogen and oxygen atoms in total. The zero-order valence-corrected chi connectivity index (χ0v) is 13.8. The molecule has 4 rings (SSSR count). The molecule has 0 fully saturated rings. The first kappa shape index (κ1) is 15.2. The molecule has 2 heterocycles. The van der Waals surface area contributed by atoms with Gasteiger partial charge in [0.25, 0.3) is 5.91 Å². The van der Waals surface area contributed by atoms with Gasteiger partial charge in [-0.2, -0.15) is 10.4 Å². The first-order valence-electron chi connectivity index (χ1n) is 8.21. The van der Waals surface area contributed by atoms with E-state index in [1.54, 1.807) is 9.58 Å². The highest BCUT2D eigenvalue weighted by Gasteiger charge is 2.33. The number of carbonyl (C=O) groups excluding carboxylic acids is 1. The van der Waals surface area contributed by atoms with Gasteiger partial charge in [-0.1, -0.05) is 43.3 Å². The molecule has 0 N–H and O–H groups in total. The summed E-state index contributed by atoms with van der Waals surface area (Å²) < 4.78 is 1.71. The van der Waals surface area contributed by atoms with Crippen LogP contribution in [0.4, 0.5) is 5.82 Å². The molecule has 0 saturated carbocycles. The Morgan fingerprint density at radius 1 is 1.12 bits per heavy atom. The van der Waals surface area contributed by atoms with Crippen LogP contribution in [0.5, 0.6) is 0 Å². The van der Waals surface area contributed by atoms with Gasteiger partial charge in [0, 0.05) is 5.56 Å². The van der Waals surface area contributed by atoms with Crippen LogP contribution in [0.2, 0.25) is 0 Å². The van der Waals surface area contributed by atoms with Gasteiger partial charge in [-0.3, -0.25) is 9.69 Å². The van der Waals surface area contributed by atoms with Crippen molar-refractivity contribution in [1.82, 2.24) is 9.78 Å². The lowest BCUT2D eigenvalue weighted by molar-refractivity contribution is 0.0995. The maximum atomic E-state index is 12.9. The van der Waals surface area contributed by atoms with Crippen molar-refractivity contribution in [2.24, 2.45) is 0 Å². The van der Waals surface area contributed by atoms with Gasteiger partial charge in [-0.25, -0.2) is 4.68 Å². The molecule has 0 aliphatic carbocycles. The Kier molecular flexibility index (Phi) is 3.58. The van der Waals surface area contributed by atoms with Gasteiger partial charge in [-0.15, -0.1) is 0 Å². The van der Waals surface area contributed by atoms with Crippen molar-refractivity contribution in [3.05, 3.63) is 77.0 Å². The molecule has 1 aliphatic rings. The predicted molar refractivity (Wildman–Crippen MR) is 94.6 cm³/mol. The van der Waals surface area contributed by atoms with Crippen molar-refractivity contribution in [2.75, 3.05) is 4.90 Å². The highest BCUT2D eigenvalue weighted by Crippen LogP contribution is 2.33. The fourth-order valence-corrected chi connectivity index (χ4v) is 3.24. The van der Waals surface area contributed by atoms with Gasteiger partial charge in [0.15, 0.2) is 5.82 Å². The number of aryl methyl sites for hydroxylation is 1. The summed E-state index contributed by atoms with van der Waals surface area (Å²) in [6.45, 7) is 2.41. The van der Waals surface area contributed by atoms with Gasteiger partial charge in [0.05, 0.1) is 17.9 Å². The Balaban J connectivity index is 1.92. The first-order valence-corrected chi connectivity index (χ1v) is 8.21. The van der Waals surface area contributed by atoms with Crippen LogP contribution in [0, 0.1) is 11.3 Å². The van der Waals surface area contributed by atoms with E-state index in [0.29, 0.717) is 35.6 Å². The number of hydrogen-bond acceptors (Lipinski definition) is 3. The Morgan fingerprint density at radius 2 is 1.84 bits per heavy atom. The van der Waals surface area contributed by atoms with Crippen LogP contribution in [-0.2, 0) is 13.0 Å². The van der Waals surface area contributed by atoms with E-state index < -0.39 is 0 Å². The van der Waals surface area contributed by atoms with Crippen molar-refractivity contribution < 1.29 is 4.79 Å².